The highest BCUT2D eigenvalue weighted by Gasteiger charge is 2.18. The number of aryl methyl sites for hydroxylation is 2. The topological polar surface area (TPSA) is 12.4 Å². The smallest absolute Gasteiger partial charge is 0.0662 e. The average Bonchev–Trinajstić information content (AvgIpc) is 3.11. The van der Waals surface area contributed by atoms with E-state index in [0.717, 1.165) is 17.0 Å². The molecule has 47 heavy (non-hydrogen) atoms. The maximum absolute atomic E-state index is 5.08. The number of nitrogens with zero attached hydrogens (tertiary/aromatic N) is 1. The SMILES string of the molecule is CC(=Nc1ccccc1C)c1ccccc1-c1cc(-c2c3ccccc3c(-c3ccc4ccccc4c3)c3ccccc23)ccc1C. The third-order valence-electron chi connectivity index (χ3n) is 9.51. The van der Waals surface area contributed by atoms with Gasteiger partial charge >= 0.3 is 0 Å². The van der Waals surface area contributed by atoms with E-state index in [0.29, 0.717) is 0 Å². The van der Waals surface area contributed by atoms with Crippen LogP contribution < -0.4 is 0 Å². The van der Waals surface area contributed by atoms with E-state index in [-0.39, 0.29) is 0 Å². The van der Waals surface area contributed by atoms with Gasteiger partial charge in [-0.2, -0.15) is 0 Å². The highest BCUT2D eigenvalue weighted by Crippen LogP contribution is 2.45. The van der Waals surface area contributed by atoms with E-state index in [1.54, 1.807) is 0 Å². The Morgan fingerprint density at radius 1 is 0.426 bits per heavy atom. The van der Waals surface area contributed by atoms with Crippen molar-refractivity contribution in [3.8, 4) is 33.4 Å². The summed E-state index contributed by atoms with van der Waals surface area (Å²) in [6.07, 6.45) is 0. The van der Waals surface area contributed by atoms with E-state index in [1.165, 1.54) is 76.8 Å². The number of hydrogen-bond acceptors (Lipinski definition) is 1. The van der Waals surface area contributed by atoms with Gasteiger partial charge in [0, 0.05) is 11.3 Å². The number of fused-ring (bicyclic) bond motifs is 3. The Labute approximate surface area is 276 Å². The molecule has 0 aliphatic rings. The van der Waals surface area contributed by atoms with Gasteiger partial charge in [0.25, 0.3) is 0 Å². The number of rotatable bonds is 5. The monoisotopic (exact) mass is 601 g/mol. The highest BCUT2D eigenvalue weighted by atomic mass is 14.7. The summed E-state index contributed by atoms with van der Waals surface area (Å²) in [6.45, 7) is 6.45. The van der Waals surface area contributed by atoms with Crippen molar-refractivity contribution in [3.63, 3.8) is 0 Å². The number of hydrogen-bond donors (Lipinski definition) is 0. The highest BCUT2D eigenvalue weighted by molar-refractivity contribution is 6.22. The first kappa shape index (κ1) is 28.7. The summed E-state index contributed by atoms with van der Waals surface area (Å²) in [4.78, 5) is 5.08. The summed E-state index contributed by atoms with van der Waals surface area (Å²) in [7, 11) is 0. The lowest BCUT2D eigenvalue weighted by molar-refractivity contribution is 1.38. The van der Waals surface area contributed by atoms with Crippen molar-refractivity contribution in [1.29, 1.82) is 0 Å². The van der Waals surface area contributed by atoms with Crippen LogP contribution in [0.3, 0.4) is 0 Å². The predicted molar refractivity (Wildman–Crippen MR) is 203 cm³/mol. The minimum atomic E-state index is 1.01. The lowest BCUT2D eigenvalue weighted by atomic mass is 9.84. The van der Waals surface area contributed by atoms with Crippen molar-refractivity contribution in [1.82, 2.24) is 0 Å². The van der Waals surface area contributed by atoms with E-state index in [2.05, 4.69) is 178 Å². The van der Waals surface area contributed by atoms with Crippen LogP contribution in [-0.2, 0) is 0 Å². The number of benzene rings is 8. The first-order valence-corrected chi connectivity index (χ1v) is 16.3. The molecule has 0 aliphatic carbocycles. The fourth-order valence-electron chi connectivity index (χ4n) is 7.13. The molecule has 8 aromatic rings. The molecular formula is C46H35N. The second-order valence-electron chi connectivity index (χ2n) is 12.5. The Morgan fingerprint density at radius 2 is 0.957 bits per heavy atom. The molecular weight excluding hydrogens is 567 g/mol. The third-order valence-corrected chi connectivity index (χ3v) is 9.51. The van der Waals surface area contributed by atoms with Gasteiger partial charge in [-0.05, 0) is 116 Å². The molecule has 0 amide bonds. The molecule has 0 bridgehead atoms. The molecule has 0 unspecified atom stereocenters. The van der Waals surface area contributed by atoms with Crippen molar-refractivity contribution in [2.75, 3.05) is 0 Å². The Hall–Kier alpha value is -5.79. The average molecular weight is 602 g/mol. The lowest BCUT2D eigenvalue weighted by Gasteiger charge is -2.19. The van der Waals surface area contributed by atoms with E-state index in [4.69, 9.17) is 4.99 Å². The maximum Gasteiger partial charge on any atom is 0.0662 e. The minimum Gasteiger partial charge on any atom is -0.253 e. The van der Waals surface area contributed by atoms with Crippen LogP contribution in [0.2, 0.25) is 0 Å². The molecule has 1 heteroatoms. The van der Waals surface area contributed by atoms with Crippen LogP contribution in [0.4, 0.5) is 5.69 Å². The van der Waals surface area contributed by atoms with Crippen LogP contribution in [0, 0.1) is 13.8 Å². The second-order valence-corrected chi connectivity index (χ2v) is 12.5. The van der Waals surface area contributed by atoms with E-state index >= 15 is 0 Å². The van der Waals surface area contributed by atoms with Gasteiger partial charge in [0.15, 0.2) is 0 Å². The van der Waals surface area contributed by atoms with Crippen LogP contribution in [0.1, 0.15) is 23.6 Å². The fraction of sp³-hybridized carbons (Fsp3) is 0.0652. The minimum absolute atomic E-state index is 1.01. The molecule has 0 radical (unpaired) electrons. The van der Waals surface area contributed by atoms with Gasteiger partial charge in [0.05, 0.1) is 5.69 Å². The standard InChI is InChI=1S/C46H35N/c1-30-24-25-36(29-43(30)38-18-8-7-17-37(38)32(3)47-44-23-13-4-14-31(44)2)46-41-21-11-9-19-39(41)45(40-20-10-12-22-42(40)46)35-27-26-33-15-5-6-16-34(33)28-35/h4-29H,1-3H3. The molecule has 0 saturated heterocycles. The lowest BCUT2D eigenvalue weighted by Crippen LogP contribution is -1.99. The fourth-order valence-corrected chi connectivity index (χ4v) is 7.13. The molecule has 0 spiro atoms. The first-order chi connectivity index (χ1) is 23.1. The van der Waals surface area contributed by atoms with Crippen molar-refractivity contribution in [2.45, 2.75) is 20.8 Å². The molecule has 224 valence electrons. The van der Waals surface area contributed by atoms with Crippen LogP contribution in [0.5, 0.6) is 0 Å². The molecule has 1 nitrogen and oxygen atoms in total. The summed E-state index contributed by atoms with van der Waals surface area (Å²) in [5.74, 6) is 0. The zero-order chi connectivity index (χ0) is 31.9. The number of para-hydroxylation sites is 1. The maximum atomic E-state index is 5.08. The first-order valence-electron chi connectivity index (χ1n) is 16.3. The summed E-state index contributed by atoms with van der Waals surface area (Å²) in [6, 6.07) is 57.2. The van der Waals surface area contributed by atoms with Crippen molar-refractivity contribution < 1.29 is 0 Å². The molecule has 0 N–H and O–H groups in total. The van der Waals surface area contributed by atoms with Crippen LogP contribution in [-0.4, -0.2) is 5.71 Å². The molecule has 0 atom stereocenters. The van der Waals surface area contributed by atoms with E-state index < -0.39 is 0 Å². The Balaban J connectivity index is 1.35. The summed E-state index contributed by atoms with van der Waals surface area (Å²) in [5, 5.41) is 7.56. The summed E-state index contributed by atoms with van der Waals surface area (Å²) in [5.41, 5.74) is 13.0. The molecule has 0 aromatic heterocycles. The van der Waals surface area contributed by atoms with Gasteiger partial charge in [0.2, 0.25) is 0 Å². The van der Waals surface area contributed by atoms with Gasteiger partial charge in [0.1, 0.15) is 0 Å². The van der Waals surface area contributed by atoms with Gasteiger partial charge in [-0.3, -0.25) is 4.99 Å². The molecule has 0 saturated carbocycles. The Kier molecular flexibility index (Phi) is 7.23. The van der Waals surface area contributed by atoms with Crippen molar-refractivity contribution in [3.05, 3.63) is 174 Å². The van der Waals surface area contributed by atoms with Gasteiger partial charge < -0.3 is 0 Å². The molecule has 0 aliphatic heterocycles. The van der Waals surface area contributed by atoms with Crippen LogP contribution in [0.15, 0.2) is 163 Å². The summed E-state index contributed by atoms with van der Waals surface area (Å²) < 4.78 is 0. The van der Waals surface area contributed by atoms with Crippen molar-refractivity contribution in [2.24, 2.45) is 4.99 Å². The second kappa shape index (κ2) is 11.9. The third kappa shape index (κ3) is 5.11. The normalized spacial score (nSPS) is 11.9. The van der Waals surface area contributed by atoms with E-state index in [1.807, 2.05) is 0 Å². The molecule has 0 fully saturated rings. The van der Waals surface area contributed by atoms with Gasteiger partial charge in [-0.25, -0.2) is 0 Å². The van der Waals surface area contributed by atoms with Crippen LogP contribution in [0.25, 0.3) is 65.7 Å². The van der Waals surface area contributed by atoms with Gasteiger partial charge in [-0.15, -0.1) is 0 Å². The van der Waals surface area contributed by atoms with Crippen LogP contribution >= 0.6 is 0 Å². The quantitative estimate of drug-likeness (QED) is 0.137. The summed E-state index contributed by atoms with van der Waals surface area (Å²) >= 11 is 0. The zero-order valence-electron chi connectivity index (χ0n) is 27.0. The number of aliphatic imine (C=N–C) groups is 1. The zero-order valence-corrected chi connectivity index (χ0v) is 27.0. The van der Waals surface area contributed by atoms with Crippen molar-refractivity contribution >= 4 is 43.7 Å². The van der Waals surface area contributed by atoms with Gasteiger partial charge in [-0.1, -0.05) is 140 Å². The predicted octanol–water partition coefficient (Wildman–Crippen LogP) is 12.9. The van der Waals surface area contributed by atoms with E-state index in [9.17, 15) is 0 Å². The Bertz CT molecular complexity index is 2440. The molecule has 8 rings (SSSR count). The molecule has 0 heterocycles. The molecule has 8 aromatic carbocycles. The largest absolute Gasteiger partial charge is 0.253 e. The Morgan fingerprint density at radius 3 is 1.64 bits per heavy atom.